The molecule has 17 heavy (non-hydrogen) atoms. The van der Waals surface area contributed by atoms with Crippen molar-refractivity contribution in [2.75, 3.05) is 5.73 Å². The summed E-state index contributed by atoms with van der Waals surface area (Å²) in [6, 6.07) is 10.8. The van der Waals surface area contributed by atoms with Gasteiger partial charge in [-0.2, -0.15) is 0 Å². The average Bonchev–Trinajstić information content (AvgIpc) is 2.31. The smallest absolute Gasteiger partial charge is 0.133 e. The van der Waals surface area contributed by atoms with Crippen molar-refractivity contribution >= 4 is 17.8 Å². The molecular formula is C14H11F2N. The van der Waals surface area contributed by atoms with Crippen molar-refractivity contribution in [1.82, 2.24) is 0 Å². The molecule has 0 radical (unpaired) electrons. The van der Waals surface area contributed by atoms with Gasteiger partial charge in [-0.1, -0.05) is 24.3 Å². The number of hydrogen-bond acceptors (Lipinski definition) is 1. The summed E-state index contributed by atoms with van der Waals surface area (Å²) in [4.78, 5) is 0. The number of nitrogen functional groups attached to an aromatic ring is 1. The highest BCUT2D eigenvalue weighted by molar-refractivity contribution is 5.70. The van der Waals surface area contributed by atoms with Crippen LogP contribution in [0, 0.1) is 11.6 Å². The molecule has 1 nitrogen and oxygen atoms in total. The third kappa shape index (κ3) is 2.69. The quantitative estimate of drug-likeness (QED) is 0.618. The zero-order valence-electron chi connectivity index (χ0n) is 9.03. The highest BCUT2D eigenvalue weighted by Gasteiger charge is 2.03. The second-order valence-corrected chi connectivity index (χ2v) is 3.64. The molecule has 0 aromatic heterocycles. The van der Waals surface area contributed by atoms with Gasteiger partial charge in [0, 0.05) is 11.3 Å². The van der Waals surface area contributed by atoms with Crippen molar-refractivity contribution < 1.29 is 8.78 Å². The third-order valence-electron chi connectivity index (χ3n) is 2.38. The van der Waals surface area contributed by atoms with E-state index in [1.54, 1.807) is 30.3 Å². The lowest BCUT2D eigenvalue weighted by molar-refractivity contribution is 0.579. The molecule has 2 N–H and O–H groups in total. The van der Waals surface area contributed by atoms with Crippen LogP contribution in [-0.4, -0.2) is 0 Å². The molecule has 0 unspecified atom stereocenters. The monoisotopic (exact) mass is 231 g/mol. The van der Waals surface area contributed by atoms with Gasteiger partial charge in [0.1, 0.15) is 11.6 Å². The predicted molar refractivity (Wildman–Crippen MR) is 66.1 cm³/mol. The van der Waals surface area contributed by atoms with Crippen molar-refractivity contribution in [3.8, 4) is 0 Å². The molecule has 0 saturated carbocycles. The maximum Gasteiger partial charge on any atom is 0.133 e. The summed E-state index contributed by atoms with van der Waals surface area (Å²) in [7, 11) is 0. The van der Waals surface area contributed by atoms with Crippen LogP contribution < -0.4 is 5.73 Å². The van der Waals surface area contributed by atoms with E-state index >= 15 is 0 Å². The standard InChI is InChI=1S/C14H11F2N/c15-13-2-1-3-14(16)12(13)9-6-10-4-7-11(17)8-5-10/h1-9H,17H2. The summed E-state index contributed by atoms with van der Waals surface area (Å²) in [5.41, 5.74) is 6.99. The molecule has 2 aromatic rings. The minimum absolute atomic E-state index is 0.0377. The molecule has 0 saturated heterocycles. The van der Waals surface area contributed by atoms with Crippen molar-refractivity contribution in [3.63, 3.8) is 0 Å². The molecule has 2 rings (SSSR count). The molecular weight excluding hydrogens is 220 g/mol. The minimum atomic E-state index is -0.573. The Balaban J connectivity index is 2.29. The fourth-order valence-electron chi connectivity index (χ4n) is 1.46. The molecule has 3 heteroatoms. The maximum absolute atomic E-state index is 13.3. The van der Waals surface area contributed by atoms with E-state index in [4.69, 9.17) is 5.73 Å². The van der Waals surface area contributed by atoms with Gasteiger partial charge >= 0.3 is 0 Å². The van der Waals surface area contributed by atoms with Crippen LogP contribution in [0.5, 0.6) is 0 Å². The minimum Gasteiger partial charge on any atom is -0.399 e. The Labute approximate surface area is 98.2 Å². The normalized spacial score (nSPS) is 10.9. The SMILES string of the molecule is Nc1ccc(C=Cc2c(F)cccc2F)cc1. The molecule has 0 fully saturated rings. The Bertz CT molecular complexity index is 524. The van der Waals surface area contributed by atoms with E-state index < -0.39 is 11.6 Å². The van der Waals surface area contributed by atoms with E-state index in [1.165, 1.54) is 24.3 Å². The largest absolute Gasteiger partial charge is 0.399 e. The van der Waals surface area contributed by atoms with Gasteiger partial charge in [-0.15, -0.1) is 0 Å². The fourth-order valence-corrected chi connectivity index (χ4v) is 1.46. The van der Waals surface area contributed by atoms with Crippen molar-refractivity contribution in [3.05, 3.63) is 65.2 Å². The summed E-state index contributed by atoms with van der Waals surface area (Å²) in [6.07, 6.45) is 3.05. The molecule has 0 bridgehead atoms. The molecule has 0 amide bonds. The van der Waals surface area contributed by atoms with Crippen LogP contribution in [0.1, 0.15) is 11.1 Å². The van der Waals surface area contributed by atoms with Crippen molar-refractivity contribution in [2.24, 2.45) is 0 Å². The number of anilines is 1. The topological polar surface area (TPSA) is 26.0 Å². The van der Waals surface area contributed by atoms with E-state index in [2.05, 4.69) is 0 Å². The van der Waals surface area contributed by atoms with Crippen molar-refractivity contribution in [1.29, 1.82) is 0 Å². The second kappa shape index (κ2) is 4.78. The van der Waals surface area contributed by atoms with Gasteiger partial charge in [0.15, 0.2) is 0 Å². The van der Waals surface area contributed by atoms with E-state index in [0.717, 1.165) is 5.56 Å². The van der Waals surface area contributed by atoms with Gasteiger partial charge < -0.3 is 5.73 Å². The Hall–Kier alpha value is -2.16. The zero-order valence-corrected chi connectivity index (χ0v) is 9.03. The van der Waals surface area contributed by atoms with Crippen LogP contribution in [0.4, 0.5) is 14.5 Å². The molecule has 2 aromatic carbocycles. The van der Waals surface area contributed by atoms with Gasteiger partial charge in [0.25, 0.3) is 0 Å². The Morgan fingerprint density at radius 2 is 1.41 bits per heavy atom. The molecule has 0 aliphatic heterocycles. The average molecular weight is 231 g/mol. The highest BCUT2D eigenvalue weighted by Crippen LogP contribution is 2.16. The van der Waals surface area contributed by atoms with Crippen LogP contribution in [0.15, 0.2) is 42.5 Å². The molecule has 0 heterocycles. The first-order valence-corrected chi connectivity index (χ1v) is 5.14. The first-order chi connectivity index (χ1) is 8.16. The van der Waals surface area contributed by atoms with Crippen LogP contribution in [0.3, 0.4) is 0 Å². The molecule has 0 spiro atoms. The Kier molecular flexibility index (Phi) is 3.19. The summed E-state index contributed by atoms with van der Waals surface area (Å²) >= 11 is 0. The van der Waals surface area contributed by atoms with Crippen LogP contribution in [-0.2, 0) is 0 Å². The highest BCUT2D eigenvalue weighted by atomic mass is 19.1. The lowest BCUT2D eigenvalue weighted by Gasteiger charge is -1.99. The van der Waals surface area contributed by atoms with E-state index in [9.17, 15) is 8.78 Å². The van der Waals surface area contributed by atoms with E-state index in [1.807, 2.05) is 0 Å². The van der Waals surface area contributed by atoms with Gasteiger partial charge in [0.2, 0.25) is 0 Å². The van der Waals surface area contributed by atoms with E-state index in [-0.39, 0.29) is 5.56 Å². The molecule has 86 valence electrons. The van der Waals surface area contributed by atoms with E-state index in [0.29, 0.717) is 5.69 Å². The van der Waals surface area contributed by atoms with Crippen LogP contribution in [0.25, 0.3) is 12.2 Å². The lowest BCUT2D eigenvalue weighted by atomic mass is 10.1. The number of hydrogen-bond donors (Lipinski definition) is 1. The molecule has 0 aliphatic carbocycles. The maximum atomic E-state index is 13.3. The second-order valence-electron chi connectivity index (χ2n) is 3.64. The molecule has 0 aliphatic rings. The lowest BCUT2D eigenvalue weighted by Crippen LogP contribution is -1.87. The fraction of sp³-hybridized carbons (Fsp3) is 0. The van der Waals surface area contributed by atoms with Crippen molar-refractivity contribution in [2.45, 2.75) is 0 Å². The summed E-state index contributed by atoms with van der Waals surface area (Å²) in [5, 5.41) is 0. The predicted octanol–water partition coefficient (Wildman–Crippen LogP) is 3.72. The van der Waals surface area contributed by atoms with Crippen LogP contribution >= 0.6 is 0 Å². The van der Waals surface area contributed by atoms with Gasteiger partial charge in [0.05, 0.1) is 0 Å². The van der Waals surface area contributed by atoms with Gasteiger partial charge in [-0.25, -0.2) is 8.78 Å². The zero-order chi connectivity index (χ0) is 12.3. The summed E-state index contributed by atoms with van der Waals surface area (Å²) in [5.74, 6) is -1.15. The Morgan fingerprint density at radius 1 is 0.824 bits per heavy atom. The first-order valence-electron chi connectivity index (χ1n) is 5.14. The first kappa shape index (κ1) is 11.3. The van der Waals surface area contributed by atoms with Gasteiger partial charge in [-0.05, 0) is 35.9 Å². The number of benzene rings is 2. The molecule has 0 atom stereocenters. The van der Waals surface area contributed by atoms with Gasteiger partial charge in [-0.3, -0.25) is 0 Å². The number of rotatable bonds is 2. The Morgan fingerprint density at radius 3 is 2.00 bits per heavy atom. The third-order valence-corrected chi connectivity index (χ3v) is 2.38. The van der Waals surface area contributed by atoms with Crippen LogP contribution in [0.2, 0.25) is 0 Å². The number of halogens is 2. The summed E-state index contributed by atoms with van der Waals surface area (Å²) < 4.78 is 26.6. The summed E-state index contributed by atoms with van der Waals surface area (Å²) in [6.45, 7) is 0. The number of nitrogens with two attached hydrogens (primary N) is 1.